The van der Waals surface area contributed by atoms with Gasteiger partial charge in [-0.2, -0.15) is 5.10 Å². The highest BCUT2D eigenvalue weighted by molar-refractivity contribution is 6.22. The molecule has 7 nitrogen and oxygen atoms in total. The van der Waals surface area contributed by atoms with E-state index in [0.717, 1.165) is 24.2 Å². The first-order valence-electron chi connectivity index (χ1n) is 8.84. The van der Waals surface area contributed by atoms with Crippen molar-refractivity contribution in [1.82, 2.24) is 9.78 Å². The lowest BCUT2D eigenvalue weighted by Crippen LogP contribution is -2.33. The molecule has 2 amide bonds. The van der Waals surface area contributed by atoms with Gasteiger partial charge in [0.1, 0.15) is 5.75 Å². The number of benzene rings is 1. The molecule has 3 saturated heterocycles. The van der Waals surface area contributed by atoms with Crippen molar-refractivity contribution >= 4 is 17.5 Å². The predicted molar refractivity (Wildman–Crippen MR) is 91.7 cm³/mol. The molecule has 3 aliphatic heterocycles. The summed E-state index contributed by atoms with van der Waals surface area (Å²) in [6.07, 6.45) is 4.87. The highest BCUT2D eigenvalue weighted by atomic mass is 16.5. The Morgan fingerprint density at radius 2 is 1.92 bits per heavy atom. The number of carbonyl (C=O) groups is 2. The van der Waals surface area contributed by atoms with E-state index < -0.39 is 0 Å². The average molecular weight is 353 g/mol. The number of ether oxygens (including phenoxy) is 2. The van der Waals surface area contributed by atoms with Crippen LogP contribution in [0, 0.1) is 11.8 Å². The maximum atomic E-state index is 12.8. The number of aromatic nitrogens is 2. The molecule has 134 valence electrons. The van der Waals surface area contributed by atoms with Crippen LogP contribution in [0.5, 0.6) is 5.75 Å². The Morgan fingerprint density at radius 3 is 2.62 bits per heavy atom. The second kappa shape index (κ2) is 5.67. The van der Waals surface area contributed by atoms with Gasteiger partial charge in [0.2, 0.25) is 11.8 Å². The first kappa shape index (κ1) is 15.6. The largest absolute Gasteiger partial charge is 0.497 e. The van der Waals surface area contributed by atoms with E-state index >= 15 is 0 Å². The Morgan fingerprint density at radius 1 is 1.19 bits per heavy atom. The van der Waals surface area contributed by atoms with E-state index in [2.05, 4.69) is 5.10 Å². The van der Waals surface area contributed by atoms with Crippen molar-refractivity contribution in [3.8, 4) is 5.75 Å². The summed E-state index contributed by atoms with van der Waals surface area (Å²) in [6.45, 7) is 0.536. The van der Waals surface area contributed by atoms with Crippen LogP contribution in [0.15, 0.2) is 36.7 Å². The molecule has 0 aliphatic carbocycles. The van der Waals surface area contributed by atoms with Crippen LogP contribution in [0.2, 0.25) is 0 Å². The lowest BCUT2D eigenvalue weighted by atomic mass is 9.81. The van der Waals surface area contributed by atoms with Crippen LogP contribution in [0.3, 0.4) is 0 Å². The molecule has 2 aromatic rings. The Bertz CT molecular complexity index is 864. The minimum atomic E-state index is -0.317. The van der Waals surface area contributed by atoms with Crippen molar-refractivity contribution in [2.75, 3.05) is 12.0 Å². The van der Waals surface area contributed by atoms with E-state index in [-0.39, 0.29) is 35.9 Å². The van der Waals surface area contributed by atoms with Crippen LogP contribution in [0.4, 0.5) is 5.69 Å². The van der Waals surface area contributed by atoms with E-state index in [1.54, 1.807) is 24.2 Å². The highest BCUT2D eigenvalue weighted by Crippen LogP contribution is 2.49. The van der Waals surface area contributed by atoms with E-state index in [0.29, 0.717) is 12.2 Å². The number of hydrogen-bond donors (Lipinski definition) is 0. The minimum Gasteiger partial charge on any atom is -0.497 e. The number of imide groups is 1. The molecule has 0 radical (unpaired) electrons. The first-order chi connectivity index (χ1) is 12.7. The summed E-state index contributed by atoms with van der Waals surface area (Å²) in [5, 5.41) is 4.33. The van der Waals surface area contributed by atoms with Crippen molar-refractivity contribution in [3.05, 3.63) is 42.2 Å². The van der Waals surface area contributed by atoms with Gasteiger partial charge in [0, 0.05) is 6.20 Å². The van der Waals surface area contributed by atoms with Gasteiger partial charge < -0.3 is 9.47 Å². The number of methoxy groups -OCH3 is 1. The predicted octanol–water partition coefficient (Wildman–Crippen LogP) is 1.61. The highest BCUT2D eigenvalue weighted by Gasteiger charge is 2.62. The van der Waals surface area contributed by atoms with Crippen LogP contribution in [0.25, 0.3) is 0 Å². The van der Waals surface area contributed by atoms with Gasteiger partial charge in [-0.05, 0) is 30.5 Å². The van der Waals surface area contributed by atoms with Crippen molar-refractivity contribution < 1.29 is 19.1 Å². The average Bonchev–Trinajstić information content (AvgIpc) is 3.40. The van der Waals surface area contributed by atoms with Crippen LogP contribution < -0.4 is 9.64 Å². The molecule has 26 heavy (non-hydrogen) atoms. The van der Waals surface area contributed by atoms with Crippen LogP contribution in [-0.4, -0.2) is 40.9 Å². The van der Waals surface area contributed by atoms with Gasteiger partial charge in [-0.25, -0.2) is 4.90 Å². The van der Waals surface area contributed by atoms with E-state index in [4.69, 9.17) is 9.47 Å². The molecule has 7 heteroatoms. The maximum Gasteiger partial charge on any atom is 0.240 e. The lowest BCUT2D eigenvalue weighted by molar-refractivity contribution is -0.124. The molecule has 0 N–H and O–H groups in total. The zero-order valence-corrected chi connectivity index (χ0v) is 14.4. The Hall–Kier alpha value is -2.67. The summed E-state index contributed by atoms with van der Waals surface area (Å²) in [7, 11) is 1.63. The number of carbonyl (C=O) groups excluding carboxylic acids is 2. The summed E-state index contributed by atoms with van der Waals surface area (Å²) in [5.74, 6) is -0.143. The van der Waals surface area contributed by atoms with Gasteiger partial charge in [0.05, 0.1) is 49.6 Å². The standard InChI is InChI=1S/C19H19N3O4/c1-25-13-4-2-3-11(7-13)9-21-10-12(8-20-21)22-18(23)16-14-5-6-15(26-14)17(16)19(22)24/h2-4,7-8,10,14-17H,5-6,9H2,1H3/t14-,15-,16+,17+/m1/s1. The van der Waals surface area contributed by atoms with Gasteiger partial charge in [0.25, 0.3) is 0 Å². The molecule has 4 atom stereocenters. The Labute approximate surface area is 150 Å². The van der Waals surface area contributed by atoms with Gasteiger partial charge >= 0.3 is 0 Å². The molecule has 0 spiro atoms. The number of anilines is 1. The molecule has 3 fully saturated rings. The third-order valence-corrected chi connectivity index (χ3v) is 5.64. The zero-order chi connectivity index (χ0) is 17.8. The molecule has 0 saturated carbocycles. The summed E-state index contributed by atoms with van der Waals surface area (Å²) in [5.41, 5.74) is 1.57. The van der Waals surface area contributed by atoms with Crippen molar-refractivity contribution in [2.45, 2.75) is 31.6 Å². The van der Waals surface area contributed by atoms with Crippen LogP contribution >= 0.6 is 0 Å². The van der Waals surface area contributed by atoms with Gasteiger partial charge in [-0.3, -0.25) is 14.3 Å². The normalized spacial score (nSPS) is 29.5. The van der Waals surface area contributed by atoms with Gasteiger partial charge in [-0.1, -0.05) is 12.1 Å². The molecule has 3 aliphatic rings. The smallest absolute Gasteiger partial charge is 0.240 e. The number of amides is 2. The fraction of sp³-hybridized carbons (Fsp3) is 0.421. The molecule has 0 unspecified atom stereocenters. The zero-order valence-electron chi connectivity index (χ0n) is 14.4. The third kappa shape index (κ3) is 2.20. The molecule has 1 aromatic carbocycles. The Kier molecular flexibility index (Phi) is 3.40. The van der Waals surface area contributed by atoms with Crippen LogP contribution in [-0.2, 0) is 20.9 Å². The third-order valence-electron chi connectivity index (χ3n) is 5.64. The monoisotopic (exact) mass is 353 g/mol. The quantitative estimate of drug-likeness (QED) is 0.781. The fourth-order valence-corrected chi connectivity index (χ4v) is 4.48. The van der Waals surface area contributed by atoms with Crippen LogP contribution in [0.1, 0.15) is 18.4 Å². The van der Waals surface area contributed by atoms with E-state index in [9.17, 15) is 9.59 Å². The summed E-state index contributed by atoms with van der Waals surface area (Å²) in [6, 6.07) is 7.72. The fourth-order valence-electron chi connectivity index (χ4n) is 4.48. The molecule has 1 aromatic heterocycles. The van der Waals surface area contributed by atoms with Gasteiger partial charge in [0.15, 0.2) is 0 Å². The SMILES string of the molecule is COc1cccc(Cn2cc(N3C(=O)[C@@H]4[C@@H](C3=O)[C@H]3CC[C@H]4O3)cn2)c1. The minimum absolute atomic E-state index is 0.0988. The van der Waals surface area contributed by atoms with Crippen molar-refractivity contribution in [2.24, 2.45) is 11.8 Å². The van der Waals surface area contributed by atoms with Crippen molar-refractivity contribution in [1.29, 1.82) is 0 Å². The maximum absolute atomic E-state index is 12.8. The topological polar surface area (TPSA) is 73.7 Å². The second-order valence-corrected chi connectivity index (χ2v) is 7.10. The van der Waals surface area contributed by atoms with Gasteiger partial charge in [-0.15, -0.1) is 0 Å². The summed E-state index contributed by atoms with van der Waals surface area (Å²) >= 11 is 0. The number of fused-ring (bicyclic) bond motifs is 5. The lowest BCUT2D eigenvalue weighted by Gasteiger charge is -2.15. The van der Waals surface area contributed by atoms with E-state index in [1.165, 1.54) is 4.90 Å². The molecule has 4 heterocycles. The molecule has 5 rings (SSSR count). The molecular weight excluding hydrogens is 334 g/mol. The van der Waals surface area contributed by atoms with Crippen molar-refractivity contribution in [3.63, 3.8) is 0 Å². The summed E-state index contributed by atoms with van der Waals surface area (Å²) < 4.78 is 12.7. The number of rotatable bonds is 4. The molecule has 2 bridgehead atoms. The first-order valence-corrected chi connectivity index (χ1v) is 8.84. The second-order valence-electron chi connectivity index (χ2n) is 7.10. The Balaban J connectivity index is 1.38. The molecular formula is C19H19N3O4. The number of hydrogen-bond acceptors (Lipinski definition) is 5. The summed E-state index contributed by atoms with van der Waals surface area (Å²) in [4.78, 5) is 26.9. The van der Waals surface area contributed by atoms with E-state index in [1.807, 2.05) is 24.3 Å². The number of nitrogens with zero attached hydrogens (tertiary/aromatic N) is 3.